The van der Waals surface area contributed by atoms with E-state index in [0.29, 0.717) is 24.4 Å². The molecule has 0 aliphatic heterocycles. The summed E-state index contributed by atoms with van der Waals surface area (Å²) in [6, 6.07) is 12.6. The van der Waals surface area contributed by atoms with Gasteiger partial charge in [-0.3, -0.25) is 19.7 Å². The zero-order valence-electron chi connectivity index (χ0n) is 14.2. The van der Waals surface area contributed by atoms with Crippen molar-refractivity contribution < 1.29 is 19.2 Å². The Morgan fingerprint density at radius 3 is 2.27 bits per heavy atom. The van der Waals surface area contributed by atoms with Gasteiger partial charge in [-0.15, -0.1) is 0 Å². The normalized spacial score (nSPS) is 10.0. The summed E-state index contributed by atoms with van der Waals surface area (Å²) in [5, 5.41) is 16.3. The molecule has 0 aromatic heterocycles. The molecule has 0 atom stereocenters. The van der Waals surface area contributed by atoms with E-state index in [1.165, 1.54) is 19.1 Å². The number of amides is 1. The predicted molar refractivity (Wildman–Crippen MR) is 96.5 cm³/mol. The van der Waals surface area contributed by atoms with E-state index in [4.69, 9.17) is 4.74 Å². The molecule has 0 saturated heterocycles. The van der Waals surface area contributed by atoms with Crippen molar-refractivity contribution in [1.82, 2.24) is 5.32 Å². The van der Waals surface area contributed by atoms with Crippen molar-refractivity contribution in [3.63, 3.8) is 0 Å². The van der Waals surface area contributed by atoms with Crippen molar-refractivity contribution in [1.29, 1.82) is 0 Å². The first-order chi connectivity index (χ1) is 12.5. The van der Waals surface area contributed by atoms with Gasteiger partial charge in [0.2, 0.25) is 0 Å². The molecule has 1 amide bonds. The molecule has 2 aromatic rings. The van der Waals surface area contributed by atoms with Crippen LogP contribution in [-0.2, 0) is 4.79 Å². The molecule has 26 heavy (non-hydrogen) atoms. The highest BCUT2D eigenvalue weighted by Gasteiger charge is 2.05. The molecule has 0 bridgehead atoms. The molecule has 0 radical (unpaired) electrons. The van der Waals surface area contributed by atoms with Crippen LogP contribution in [0.1, 0.15) is 17.3 Å². The first kappa shape index (κ1) is 18.9. The Bertz CT molecular complexity index is 772. The van der Waals surface area contributed by atoms with Gasteiger partial charge in [0.15, 0.2) is 12.4 Å². The van der Waals surface area contributed by atoms with Crippen LogP contribution >= 0.6 is 0 Å². The number of anilines is 1. The van der Waals surface area contributed by atoms with Crippen LogP contribution in [0.3, 0.4) is 0 Å². The molecule has 0 unspecified atom stereocenters. The summed E-state index contributed by atoms with van der Waals surface area (Å²) in [6.07, 6.45) is 0. The third kappa shape index (κ3) is 5.90. The molecule has 0 aliphatic carbocycles. The van der Waals surface area contributed by atoms with Crippen LogP contribution in [-0.4, -0.2) is 36.3 Å². The summed E-state index contributed by atoms with van der Waals surface area (Å²) in [5.74, 6) is 0.204. The Kier molecular flexibility index (Phi) is 6.67. The number of benzene rings is 2. The van der Waals surface area contributed by atoms with Crippen LogP contribution in [0.4, 0.5) is 11.4 Å². The number of Topliss-reactive ketones (excluding diaryl/α,β-unsaturated/α-hetero) is 1. The summed E-state index contributed by atoms with van der Waals surface area (Å²) in [4.78, 5) is 33.0. The zero-order chi connectivity index (χ0) is 18.9. The van der Waals surface area contributed by atoms with Crippen molar-refractivity contribution in [2.75, 3.05) is 25.0 Å². The highest BCUT2D eigenvalue weighted by Crippen LogP contribution is 2.15. The SMILES string of the molecule is CC(=O)c1ccc(OCC(=O)NCCNc2ccc([N+](=O)[O-])cc2)cc1. The molecule has 0 spiro atoms. The Labute approximate surface area is 150 Å². The molecule has 2 N–H and O–H groups in total. The standard InChI is InChI=1S/C18H19N3O5/c1-13(22)14-2-8-17(9-3-14)26-12-18(23)20-11-10-19-15-4-6-16(7-5-15)21(24)25/h2-9,19H,10-12H2,1H3,(H,20,23). The zero-order valence-corrected chi connectivity index (χ0v) is 14.2. The number of non-ortho nitro benzene ring substituents is 1. The van der Waals surface area contributed by atoms with Crippen LogP contribution in [0, 0.1) is 10.1 Å². The second kappa shape index (κ2) is 9.16. The van der Waals surface area contributed by atoms with Crippen LogP contribution in [0.25, 0.3) is 0 Å². The number of nitrogens with one attached hydrogen (secondary N) is 2. The summed E-state index contributed by atoms with van der Waals surface area (Å²) >= 11 is 0. The number of hydrogen-bond acceptors (Lipinski definition) is 6. The van der Waals surface area contributed by atoms with Gasteiger partial charge in [-0.1, -0.05) is 0 Å². The van der Waals surface area contributed by atoms with Crippen LogP contribution in [0.2, 0.25) is 0 Å². The van der Waals surface area contributed by atoms with Crippen molar-refractivity contribution >= 4 is 23.1 Å². The van der Waals surface area contributed by atoms with Gasteiger partial charge in [0.25, 0.3) is 11.6 Å². The monoisotopic (exact) mass is 357 g/mol. The smallest absolute Gasteiger partial charge is 0.269 e. The topological polar surface area (TPSA) is 111 Å². The minimum absolute atomic E-state index is 0.0253. The maximum atomic E-state index is 11.7. The van der Waals surface area contributed by atoms with E-state index < -0.39 is 4.92 Å². The van der Waals surface area contributed by atoms with Gasteiger partial charge in [-0.05, 0) is 43.3 Å². The van der Waals surface area contributed by atoms with Gasteiger partial charge >= 0.3 is 0 Å². The molecule has 2 aromatic carbocycles. The Balaban J connectivity index is 1.65. The molecule has 2 rings (SSSR count). The van der Waals surface area contributed by atoms with Crippen LogP contribution in [0.5, 0.6) is 5.75 Å². The van der Waals surface area contributed by atoms with E-state index in [1.54, 1.807) is 36.4 Å². The number of ketones is 1. The lowest BCUT2D eigenvalue weighted by Crippen LogP contribution is -2.32. The average molecular weight is 357 g/mol. The lowest BCUT2D eigenvalue weighted by molar-refractivity contribution is -0.384. The van der Waals surface area contributed by atoms with Gasteiger partial charge in [-0.25, -0.2) is 0 Å². The summed E-state index contributed by atoms with van der Waals surface area (Å²) < 4.78 is 5.35. The number of hydrogen-bond donors (Lipinski definition) is 2. The first-order valence-electron chi connectivity index (χ1n) is 7.94. The van der Waals surface area contributed by atoms with E-state index in [1.807, 2.05) is 0 Å². The molecule has 0 saturated carbocycles. The van der Waals surface area contributed by atoms with Gasteiger partial charge < -0.3 is 15.4 Å². The number of nitrogens with zero attached hydrogens (tertiary/aromatic N) is 1. The van der Waals surface area contributed by atoms with E-state index in [-0.39, 0.29) is 24.0 Å². The maximum absolute atomic E-state index is 11.7. The highest BCUT2D eigenvalue weighted by molar-refractivity contribution is 5.94. The molecule has 8 nitrogen and oxygen atoms in total. The van der Waals surface area contributed by atoms with E-state index >= 15 is 0 Å². The van der Waals surface area contributed by atoms with Crippen molar-refractivity contribution in [3.8, 4) is 5.75 Å². The van der Waals surface area contributed by atoms with Crippen LogP contribution < -0.4 is 15.4 Å². The maximum Gasteiger partial charge on any atom is 0.269 e. The number of carbonyl (C=O) groups excluding carboxylic acids is 2. The third-order valence-electron chi connectivity index (χ3n) is 3.49. The van der Waals surface area contributed by atoms with Crippen molar-refractivity contribution in [3.05, 3.63) is 64.2 Å². The van der Waals surface area contributed by atoms with E-state index in [2.05, 4.69) is 10.6 Å². The Morgan fingerprint density at radius 1 is 1.04 bits per heavy atom. The number of carbonyl (C=O) groups is 2. The number of rotatable bonds is 9. The number of nitro groups is 1. The fraction of sp³-hybridized carbons (Fsp3) is 0.222. The molecule has 0 fully saturated rings. The predicted octanol–water partition coefficient (Wildman–Crippen LogP) is 2.40. The molecule has 136 valence electrons. The lowest BCUT2D eigenvalue weighted by Gasteiger charge is -2.09. The molecule has 0 aliphatic rings. The summed E-state index contributed by atoms with van der Waals surface area (Å²) in [5.41, 5.74) is 1.34. The van der Waals surface area contributed by atoms with Gasteiger partial charge in [0, 0.05) is 36.5 Å². The second-order valence-corrected chi connectivity index (χ2v) is 5.45. The number of nitro benzene ring substituents is 1. The summed E-state index contributed by atoms with van der Waals surface area (Å²) in [7, 11) is 0. The first-order valence-corrected chi connectivity index (χ1v) is 7.94. The average Bonchev–Trinajstić information content (AvgIpc) is 2.64. The van der Waals surface area contributed by atoms with Crippen LogP contribution in [0.15, 0.2) is 48.5 Å². The Morgan fingerprint density at radius 2 is 1.69 bits per heavy atom. The van der Waals surface area contributed by atoms with Gasteiger partial charge in [0.05, 0.1) is 4.92 Å². The largest absolute Gasteiger partial charge is 0.484 e. The third-order valence-corrected chi connectivity index (χ3v) is 3.49. The van der Waals surface area contributed by atoms with Crippen molar-refractivity contribution in [2.24, 2.45) is 0 Å². The minimum Gasteiger partial charge on any atom is -0.484 e. The fourth-order valence-corrected chi connectivity index (χ4v) is 2.10. The Hall–Kier alpha value is -3.42. The molecule has 0 heterocycles. The second-order valence-electron chi connectivity index (χ2n) is 5.45. The van der Waals surface area contributed by atoms with Gasteiger partial charge in [0.1, 0.15) is 5.75 Å². The minimum atomic E-state index is -0.461. The summed E-state index contributed by atoms with van der Waals surface area (Å²) in [6.45, 7) is 2.20. The van der Waals surface area contributed by atoms with E-state index in [9.17, 15) is 19.7 Å². The van der Waals surface area contributed by atoms with E-state index in [0.717, 1.165) is 5.69 Å². The molecular formula is C18H19N3O5. The lowest BCUT2D eigenvalue weighted by atomic mass is 10.1. The fourth-order valence-electron chi connectivity index (χ4n) is 2.10. The highest BCUT2D eigenvalue weighted by atomic mass is 16.6. The number of ether oxygens (including phenoxy) is 1. The van der Waals surface area contributed by atoms with Gasteiger partial charge in [-0.2, -0.15) is 0 Å². The molecular weight excluding hydrogens is 338 g/mol. The molecule has 8 heteroatoms. The quantitative estimate of drug-likeness (QED) is 0.309. The van der Waals surface area contributed by atoms with Crippen molar-refractivity contribution in [2.45, 2.75) is 6.92 Å².